The highest BCUT2D eigenvalue weighted by molar-refractivity contribution is 6.32. The Labute approximate surface area is 207 Å². The normalized spacial score (nSPS) is 21.5. The van der Waals surface area contributed by atoms with Crippen molar-refractivity contribution in [2.24, 2.45) is 11.1 Å². The van der Waals surface area contributed by atoms with Crippen LogP contribution in [0.5, 0.6) is 5.75 Å². The third kappa shape index (κ3) is 5.34. The molecule has 3 aromatic rings. The number of hydrogen-bond acceptors (Lipinski definition) is 3. The highest BCUT2D eigenvalue weighted by atomic mass is 35.5. The van der Waals surface area contributed by atoms with Gasteiger partial charge in [0, 0.05) is 17.6 Å². The Hall–Kier alpha value is -2.30. The summed E-state index contributed by atoms with van der Waals surface area (Å²) in [6.07, 6.45) is 11.5. The zero-order valence-corrected chi connectivity index (χ0v) is 21.2. The van der Waals surface area contributed by atoms with E-state index in [0.29, 0.717) is 16.2 Å². The molecule has 1 heterocycles. The predicted molar refractivity (Wildman–Crippen MR) is 142 cm³/mol. The van der Waals surface area contributed by atoms with Crippen molar-refractivity contribution in [2.75, 3.05) is 0 Å². The van der Waals surface area contributed by atoms with Gasteiger partial charge in [0.15, 0.2) is 0 Å². The number of halogens is 1. The summed E-state index contributed by atoms with van der Waals surface area (Å²) in [5.41, 5.74) is 8.95. The Morgan fingerprint density at radius 2 is 1.88 bits per heavy atom. The maximum absolute atomic E-state index is 12.5. The summed E-state index contributed by atoms with van der Waals surface area (Å²) < 4.78 is 6.47. The number of pyridine rings is 1. The number of aromatic nitrogens is 1. The van der Waals surface area contributed by atoms with Gasteiger partial charge in [0.25, 0.3) is 5.56 Å². The van der Waals surface area contributed by atoms with Crippen LogP contribution < -0.4 is 16.0 Å². The average Bonchev–Trinajstić information content (AvgIpc) is 2.86. The fraction of sp³-hybridized carbons (Fsp3) is 0.483. The van der Waals surface area contributed by atoms with Crippen LogP contribution in [0.4, 0.5) is 0 Å². The maximum Gasteiger partial charge on any atom is 0.255 e. The van der Waals surface area contributed by atoms with Gasteiger partial charge in [0.1, 0.15) is 5.75 Å². The number of aromatic amines is 1. The predicted octanol–water partition coefficient (Wildman–Crippen LogP) is 7.01. The average molecular weight is 481 g/mol. The fourth-order valence-electron chi connectivity index (χ4n) is 5.60. The minimum atomic E-state index is -0.132. The fourth-order valence-corrected chi connectivity index (χ4v) is 5.81. The second-order valence-electron chi connectivity index (χ2n) is 9.93. The lowest BCUT2D eigenvalue weighted by Gasteiger charge is -2.44. The van der Waals surface area contributed by atoms with Crippen molar-refractivity contribution in [2.45, 2.75) is 83.8 Å². The molecule has 0 aliphatic heterocycles. The topological polar surface area (TPSA) is 68.1 Å². The van der Waals surface area contributed by atoms with Gasteiger partial charge in [0.05, 0.1) is 11.1 Å². The van der Waals surface area contributed by atoms with Crippen LogP contribution in [0.15, 0.2) is 53.5 Å². The number of nitrogens with two attached hydrogens (primary N) is 1. The van der Waals surface area contributed by atoms with E-state index in [9.17, 15) is 4.79 Å². The summed E-state index contributed by atoms with van der Waals surface area (Å²) in [5, 5.41) is 1.98. The molecule has 1 saturated carbocycles. The van der Waals surface area contributed by atoms with Gasteiger partial charge < -0.3 is 15.5 Å². The van der Waals surface area contributed by atoms with Gasteiger partial charge in [-0.05, 0) is 79.0 Å². The second kappa shape index (κ2) is 11.0. The molecule has 3 N–H and O–H groups in total. The molecule has 0 radical (unpaired) electrons. The largest absolute Gasteiger partial charge is 0.489 e. The van der Waals surface area contributed by atoms with Crippen molar-refractivity contribution in [1.82, 2.24) is 4.98 Å². The number of H-pyrrole nitrogens is 1. The molecule has 34 heavy (non-hydrogen) atoms. The van der Waals surface area contributed by atoms with Crippen LogP contribution in [0.25, 0.3) is 10.8 Å². The first-order valence-electron chi connectivity index (χ1n) is 12.8. The van der Waals surface area contributed by atoms with Crippen molar-refractivity contribution < 1.29 is 4.74 Å². The molecule has 4 rings (SSSR count). The SMILES string of the molecule is CCCCC1(C(N)CC)CCC(Oc2cc3c(Cc4ccccc4)c[nH]c(=O)c3cc2Cl)CC1. The molecule has 182 valence electrons. The first-order chi connectivity index (χ1) is 16.5. The van der Waals surface area contributed by atoms with Crippen LogP contribution in [0.3, 0.4) is 0 Å². The van der Waals surface area contributed by atoms with Crippen LogP contribution >= 0.6 is 11.6 Å². The molecule has 1 atom stereocenters. The van der Waals surface area contributed by atoms with Gasteiger partial charge in [-0.25, -0.2) is 0 Å². The third-order valence-corrected chi connectivity index (χ3v) is 8.05. The molecule has 1 unspecified atom stereocenters. The molecule has 1 aliphatic rings. The van der Waals surface area contributed by atoms with Crippen LogP contribution in [0.2, 0.25) is 5.02 Å². The number of benzene rings is 2. The summed E-state index contributed by atoms with van der Waals surface area (Å²) in [7, 11) is 0. The molecule has 1 fully saturated rings. The minimum Gasteiger partial charge on any atom is -0.489 e. The standard InChI is InChI=1S/C29H37ClN2O2/c1-3-5-13-29(27(31)4-2)14-11-22(12-15-29)34-26-18-23-21(16-20-9-7-6-8-10-20)19-32-28(33)24(23)17-25(26)30/h6-10,17-19,22,27H,3-5,11-16,31H2,1-2H3,(H,32,33). The smallest absolute Gasteiger partial charge is 0.255 e. The number of ether oxygens (including phenoxy) is 1. The monoisotopic (exact) mass is 480 g/mol. The van der Waals surface area contributed by atoms with Gasteiger partial charge in [-0.2, -0.15) is 0 Å². The highest BCUT2D eigenvalue weighted by Crippen LogP contribution is 2.45. The van der Waals surface area contributed by atoms with Gasteiger partial charge >= 0.3 is 0 Å². The molecule has 4 nitrogen and oxygen atoms in total. The Bertz CT molecular complexity index is 1150. The van der Waals surface area contributed by atoms with Crippen molar-refractivity contribution in [3.05, 3.63) is 75.2 Å². The zero-order valence-electron chi connectivity index (χ0n) is 20.4. The number of fused-ring (bicyclic) bond motifs is 1. The highest BCUT2D eigenvalue weighted by Gasteiger charge is 2.39. The lowest BCUT2D eigenvalue weighted by atomic mass is 9.65. The van der Waals surface area contributed by atoms with Gasteiger partial charge in [0.2, 0.25) is 0 Å². The molecule has 5 heteroatoms. The van der Waals surface area contributed by atoms with Crippen LogP contribution in [-0.2, 0) is 6.42 Å². The first kappa shape index (κ1) is 24.8. The lowest BCUT2D eigenvalue weighted by Crippen LogP contribution is -2.45. The van der Waals surface area contributed by atoms with E-state index in [0.717, 1.165) is 49.5 Å². The zero-order chi connectivity index (χ0) is 24.1. The van der Waals surface area contributed by atoms with Crippen molar-refractivity contribution >= 4 is 22.4 Å². The second-order valence-corrected chi connectivity index (χ2v) is 10.3. The molecule has 2 aromatic carbocycles. The molecular weight excluding hydrogens is 444 g/mol. The Morgan fingerprint density at radius 3 is 2.56 bits per heavy atom. The van der Waals surface area contributed by atoms with Crippen LogP contribution in [0, 0.1) is 5.41 Å². The summed E-state index contributed by atoms with van der Waals surface area (Å²) >= 11 is 6.61. The number of nitrogens with one attached hydrogen (secondary N) is 1. The minimum absolute atomic E-state index is 0.119. The summed E-state index contributed by atoms with van der Waals surface area (Å²) in [6.45, 7) is 4.45. The van der Waals surface area contributed by atoms with E-state index >= 15 is 0 Å². The van der Waals surface area contributed by atoms with Crippen LogP contribution in [0.1, 0.15) is 76.3 Å². The van der Waals surface area contributed by atoms with Crippen LogP contribution in [-0.4, -0.2) is 17.1 Å². The Morgan fingerprint density at radius 1 is 1.15 bits per heavy atom. The summed E-state index contributed by atoms with van der Waals surface area (Å²) in [6, 6.07) is 14.2. The Kier molecular flexibility index (Phi) is 8.00. The number of hydrogen-bond donors (Lipinski definition) is 2. The van der Waals surface area contributed by atoms with E-state index < -0.39 is 0 Å². The molecular formula is C29H37ClN2O2. The molecule has 0 saturated heterocycles. The molecule has 1 aromatic heterocycles. The van der Waals surface area contributed by atoms with Crippen molar-refractivity contribution in [3.8, 4) is 5.75 Å². The van der Waals surface area contributed by atoms with E-state index in [4.69, 9.17) is 22.1 Å². The van der Waals surface area contributed by atoms with E-state index in [1.807, 2.05) is 30.5 Å². The van der Waals surface area contributed by atoms with Gasteiger partial charge in [-0.3, -0.25) is 4.79 Å². The number of unbranched alkanes of at least 4 members (excludes halogenated alkanes) is 1. The van der Waals surface area contributed by atoms with Gasteiger partial charge in [-0.1, -0.05) is 68.6 Å². The summed E-state index contributed by atoms with van der Waals surface area (Å²) in [4.78, 5) is 15.4. The number of rotatable bonds is 9. The summed E-state index contributed by atoms with van der Waals surface area (Å²) in [5.74, 6) is 0.667. The molecule has 1 aliphatic carbocycles. The lowest BCUT2D eigenvalue weighted by molar-refractivity contribution is 0.0518. The quantitative estimate of drug-likeness (QED) is 0.346. The van der Waals surface area contributed by atoms with Crippen molar-refractivity contribution in [3.63, 3.8) is 0 Å². The van der Waals surface area contributed by atoms with E-state index in [1.54, 1.807) is 6.07 Å². The van der Waals surface area contributed by atoms with Gasteiger partial charge in [-0.15, -0.1) is 0 Å². The maximum atomic E-state index is 12.5. The molecule has 0 spiro atoms. The molecule has 0 bridgehead atoms. The third-order valence-electron chi connectivity index (χ3n) is 7.75. The van der Waals surface area contributed by atoms with E-state index in [1.165, 1.54) is 24.8 Å². The van der Waals surface area contributed by atoms with E-state index in [2.05, 4.69) is 31.0 Å². The first-order valence-corrected chi connectivity index (χ1v) is 13.1. The van der Waals surface area contributed by atoms with E-state index in [-0.39, 0.29) is 23.1 Å². The molecule has 0 amide bonds. The van der Waals surface area contributed by atoms with Crippen molar-refractivity contribution in [1.29, 1.82) is 0 Å². The Balaban J connectivity index is 1.56.